The average molecular weight is 380 g/mol. The number of pyridine rings is 1. The van der Waals surface area contributed by atoms with Gasteiger partial charge < -0.3 is 14.5 Å². The summed E-state index contributed by atoms with van der Waals surface area (Å²) in [4.78, 5) is 17.2. The van der Waals surface area contributed by atoms with Crippen molar-refractivity contribution >= 4 is 11.6 Å². The van der Waals surface area contributed by atoms with E-state index in [-0.39, 0.29) is 11.8 Å². The van der Waals surface area contributed by atoms with Crippen LogP contribution in [0.5, 0.6) is 5.75 Å². The summed E-state index contributed by atoms with van der Waals surface area (Å²) in [5.41, 5.74) is 2.86. The minimum Gasteiger partial charge on any atom is -0.496 e. The number of hydrogen-bond donors (Lipinski definition) is 1. The molecule has 28 heavy (non-hydrogen) atoms. The van der Waals surface area contributed by atoms with Gasteiger partial charge in [-0.2, -0.15) is 0 Å². The van der Waals surface area contributed by atoms with Crippen LogP contribution in [0.4, 0.5) is 0 Å². The largest absolute Gasteiger partial charge is 0.496 e. The second-order valence-electron chi connectivity index (χ2n) is 7.02. The molecule has 0 radical (unpaired) electrons. The number of nitrogens with one attached hydrogen (secondary N) is 1. The van der Waals surface area contributed by atoms with E-state index in [9.17, 15) is 4.79 Å². The lowest BCUT2D eigenvalue weighted by molar-refractivity contribution is -0.121. The van der Waals surface area contributed by atoms with Gasteiger partial charge in [0.05, 0.1) is 12.8 Å². The third-order valence-corrected chi connectivity index (χ3v) is 5.06. The SMILES string of the molecule is CCCCCCNC(=O)CC(c1ccccc1OC)c1cnc2ccccn12. The van der Waals surface area contributed by atoms with Crippen LogP contribution in [-0.4, -0.2) is 28.9 Å². The molecule has 0 saturated carbocycles. The number of aromatic nitrogens is 2. The average Bonchev–Trinajstić information content (AvgIpc) is 3.16. The first-order valence-corrected chi connectivity index (χ1v) is 10.1. The second-order valence-corrected chi connectivity index (χ2v) is 7.02. The highest BCUT2D eigenvalue weighted by atomic mass is 16.5. The summed E-state index contributed by atoms with van der Waals surface area (Å²) in [5.74, 6) is 0.705. The van der Waals surface area contributed by atoms with E-state index >= 15 is 0 Å². The fourth-order valence-corrected chi connectivity index (χ4v) is 3.58. The number of imidazole rings is 1. The summed E-state index contributed by atoms with van der Waals surface area (Å²) < 4.78 is 7.63. The van der Waals surface area contributed by atoms with Gasteiger partial charge in [0, 0.05) is 36.8 Å². The smallest absolute Gasteiger partial charge is 0.221 e. The Labute approximate surface area is 166 Å². The van der Waals surface area contributed by atoms with Crippen molar-refractivity contribution in [1.82, 2.24) is 14.7 Å². The van der Waals surface area contributed by atoms with Crippen LogP contribution >= 0.6 is 0 Å². The summed E-state index contributed by atoms with van der Waals surface area (Å²) in [6, 6.07) is 13.8. The Balaban J connectivity index is 1.84. The third kappa shape index (κ3) is 4.71. The number of rotatable bonds is 10. The Morgan fingerprint density at radius 2 is 1.96 bits per heavy atom. The van der Waals surface area contributed by atoms with E-state index in [1.165, 1.54) is 12.8 Å². The van der Waals surface area contributed by atoms with Crippen LogP contribution in [0.15, 0.2) is 54.9 Å². The molecule has 0 fully saturated rings. The highest BCUT2D eigenvalue weighted by Gasteiger charge is 2.24. The van der Waals surface area contributed by atoms with Crippen LogP contribution < -0.4 is 10.1 Å². The summed E-state index contributed by atoms with van der Waals surface area (Å²) in [7, 11) is 1.66. The highest BCUT2D eigenvalue weighted by molar-refractivity contribution is 5.77. The number of unbranched alkanes of at least 4 members (excludes halogenated alkanes) is 3. The first-order valence-electron chi connectivity index (χ1n) is 10.1. The maximum absolute atomic E-state index is 12.7. The molecule has 0 bridgehead atoms. The quantitative estimate of drug-likeness (QED) is 0.525. The van der Waals surface area contributed by atoms with Gasteiger partial charge in [-0.1, -0.05) is 50.5 Å². The van der Waals surface area contributed by atoms with Crippen LogP contribution in [0, 0.1) is 0 Å². The molecule has 1 N–H and O–H groups in total. The summed E-state index contributed by atoms with van der Waals surface area (Å²) in [5, 5.41) is 3.08. The molecule has 148 valence electrons. The van der Waals surface area contributed by atoms with Gasteiger partial charge in [0.1, 0.15) is 11.4 Å². The lowest BCUT2D eigenvalue weighted by Gasteiger charge is -2.19. The van der Waals surface area contributed by atoms with E-state index < -0.39 is 0 Å². The predicted octanol–water partition coefficient (Wildman–Crippen LogP) is 4.56. The van der Waals surface area contributed by atoms with Crippen molar-refractivity contribution < 1.29 is 9.53 Å². The molecular formula is C23H29N3O2. The van der Waals surface area contributed by atoms with E-state index in [0.717, 1.165) is 42.0 Å². The number of benzene rings is 1. The normalized spacial score (nSPS) is 12.1. The zero-order chi connectivity index (χ0) is 19.8. The Bertz CT molecular complexity index is 904. The predicted molar refractivity (Wildman–Crippen MR) is 112 cm³/mol. The molecule has 1 unspecified atom stereocenters. The first kappa shape index (κ1) is 19.9. The van der Waals surface area contributed by atoms with Crippen LogP contribution in [0.3, 0.4) is 0 Å². The monoisotopic (exact) mass is 379 g/mol. The molecule has 0 aliphatic rings. The van der Waals surface area contributed by atoms with E-state index in [1.54, 1.807) is 7.11 Å². The van der Waals surface area contributed by atoms with Gasteiger partial charge >= 0.3 is 0 Å². The lowest BCUT2D eigenvalue weighted by Crippen LogP contribution is -2.26. The van der Waals surface area contributed by atoms with Gasteiger partial charge in [-0.3, -0.25) is 4.79 Å². The molecule has 2 heterocycles. The van der Waals surface area contributed by atoms with E-state index in [0.29, 0.717) is 6.42 Å². The number of nitrogens with zero attached hydrogens (tertiary/aromatic N) is 2. The molecule has 1 aromatic carbocycles. The van der Waals surface area contributed by atoms with Crippen molar-refractivity contribution in [2.24, 2.45) is 0 Å². The topological polar surface area (TPSA) is 55.6 Å². The lowest BCUT2D eigenvalue weighted by atomic mass is 9.91. The Morgan fingerprint density at radius 3 is 2.79 bits per heavy atom. The number of carbonyl (C=O) groups excluding carboxylic acids is 1. The number of methoxy groups -OCH3 is 1. The zero-order valence-corrected chi connectivity index (χ0v) is 16.7. The van der Waals surface area contributed by atoms with Crippen molar-refractivity contribution in [2.75, 3.05) is 13.7 Å². The molecule has 3 rings (SSSR count). The van der Waals surface area contributed by atoms with Crippen molar-refractivity contribution in [3.63, 3.8) is 0 Å². The molecule has 0 aliphatic heterocycles. The van der Waals surface area contributed by atoms with Gasteiger partial charge in [0.25, 0.3) is 0 Å². The van der Waals surface area contributed by atoms with Crippen LogP contribution in [0.25, 0.3) is 5.65 Å². The van der Waals surface area contributed by atoms with Gasteiger partial charge in [-0.25, -0.2) is 4.98 Å². The van der Waals surface area contributed by atoms with Crippen molar-refractivity contribution in [2.45, 2.75) is 44.9 Å². The zero-order valence-electron chi connectivity index (χ0n) is 16.7. The summed E-state index contributed by atoms with van der Waals surface area (Å²) >= 11 is 0. The van der Waals surface area contributed by atoms with Crippen molar-refractivity contribution in [3.8, 4) is 5.75 Å². The Kier molecular flexibility index (Phi) is 7.06. The first-order chi connectivity index (χ1) is 13.7. The van der Waals surface area contributed by atoms with Crippen LogP contribution in [-0.2, 0) is 4.79 Å². The fraction of sp³-hybridized carbons (Fsp3) is 0.391. The molecule has 2 aromatic heterocycles. The minimum absolute atomic E-state index is 0.0540. The maximum atomic E-state index is 12.7. The van der Waals surface area contributed by atoms with Crippen molar-refractivity contribution in [1.29, 1.82) is 0 Å². The molecule has 0 aliphatic carbocycles. The minimum atomic E-state index is -0.135. The Morgan fingerprint density at radius 1 is 1.14 bits per heavy atom. The second kappa shape index (κ2) is 9.93. The number of carbonyl (C=O) groups is 1. The van der Waals surface area contributed by atoms with Gasteiger partial charge in [0.15, 0.2) is 0 Å². The van der Waals surface area contributed by atoms with Gasteiger partial charge in [-0.05, 0) is 24.6 Å². The molecule has 1 amide bonds. The molecule has 3 aromatic rings. The van der Waals surface area contributed by atoms with Crippen LogP contribution in [0.1, 0.15) is 56.2 Å². The fourth-order valence-electron chi connectivity index (χ4n) is 3.58. The Hall–Kier alpha value is -2.82. The van der Waals surface area contributed by atoms with E-state index in [2.05, 4.69) is 17.2 Å². The standard InChI is InChI=1S/C23H29N3O2/c1-3-4-5-9-14-24-23(27)16-19(18-11-6-7-12-21(18)28-2)20-17-25-22-13-8-10-15-26(20)22/h6-8,10-13,15,17,19H,3-5,9,14,16H2,1-2H3,(H,24,27). The molecule has 5 heteroatoms. The third-order valence-electron chi connectivity index (χ3n) is 5.06. The molecule has 1 atom stereocenters. The number of amides is 1. The van der Waals surface area contributed by atoms with Crippen LogP contribution in [0.2, 0.25) is 0 Å². The molecule has 0 saturated heterocycles. The van der Waals surface area contributed by atoms with Crippen molar-refractivity contribution in [3.05, 3.63) is 66.1 Å². The number of fused-ring (bicyclic) bond motifs is 1. The maximum Gasteiger partial charge on any atom is 0.221 e. The van der Waals surface area contributed by atoms with E-state index in [1.807, 2.05) is 59.3 Å². The summed E-state index contributed by atoms with van der Waals surface area (Å²) in [6.07, 6.45) is 8.79. The molecular weight excluding hydrogens is 350 g/mol. The van der Waals surface area contributed by atoms with Gasteiger partial charge in [0.2, 0.25) is 5.91 Å². The molecule has 0 spiro atoms. The number of hydrogen-bond acceptors (Lipinski definition) is 3. The summed E-state index contributed by atoms with van der Waals surface area (Å²) in [6.45, 7) is 2.91. The van der Waals surface area contributed by atoms with Gasteiger partial charge in [-0.15, -0.1) is 0 Å². The number of ether oxygens (including phenoxy) is 1. The van der Waals surface area contributed by atoms with E-state index in [4.69, 9.17) is 4.74 Å². The molecule has 5 nitrogen and oxygen atoms in total. The highest BCUT2D eigenvalue weighted by Crippen LogP contribution is 2.34. The number of para-hydroxylation sites is 1.